The molecule has 34 heavy (non-hydrogen) atoms. The Balaban J connectivity index is 1.41. The van der Waals surface area contributed by atoms with Gasteiger partial charge in [-0.05, 0) is 43.7 Å². The van der Waals surface area contributed by atoms with Crippen molar-refractivity contribution in [2.24, 2.45) is 0 Å². The van der Waals surface area contributed by atoms with E-state index in [0.29, 0.717) is 24.5 Å². The summed E-state index contributed by atoms with van der Waals surface area (Å²) in [7, 11) is -3.65. The highest BCUT2D eigenvalue weighted by Gasteiger charge is 2.49. The van der Waals surface area contributed by atoms with Crippen LogP contribution in [0.3, 0.4) is 0 Å². The van der Waals surface area contributed by atoms with Crippen molar-refractivity contribution < 1.29 is 27.5 Å². The summed E-state index contributed by atoms with van der Waals surface area (Å²) >= 11 is 0. The van der Waals surface area contributed by atoms with Crippen molar-refractivity contribution in [3.63, 3.8) is 0 Å². The van der Waals surface area contributed by atoms with Crippen molar-refractivity contribution in [3.05, 3.63) is 59.7 Å². The van der Waals surface area contributed by atoms with Crippen molar-refractivity contribution >= 4 is 33.6 Å². The number of ether oxygens (including phenoxy) is 1. The van der Waals surface area contributed by atoms with E-state index in [4.69, 9.17) is 4.74 Å². The van der Waals surface area contributed by atoms with Crippen LogP contribution in [-0.4, -0.2) is 68.3 Å². The van der Waals surface area contributed by atoms with E-state index in [-0.39, 0.29) is 18.0 Å². The molecular weight excluding hydrogens is 460 g/mol. The maximum absolute atomic E-state index is 13.0. The fourth-order valence-electron chi connectivity index (χ4n) is 3.91. The SMILES string of the molecule is Cc1ccc([C@@]2(C)NC(=O)N(CC(=O)Nc3ccc(S(=O)(=O)N4CCOCC4)cc3)C2=O)cc1. The van der Waals surface area contributed by atoms with Crippen LogP contribution in [0.15, 0.2) is 53.4 Å². The van der Waals surface area contributed by atoms with Gasteiger partial charge in [-0.1, -0.05) is 29.8 Å². The third-order valence-corrected chi connectivity index (χ3v) is 7.86. The molecule has 11 heteroatoms. The number of hydrogen-bond donors (Lipinski definition) is 2. The molecule has 2 fully saturated rings. The van der Waals surface area contributed by atoms with E-state index >= 15 is 0 Å². The smallest absolute Gasteiger partial charge is 0.325 e. The zero-order valence-corrected chi connectivity index (χ0v) is 19.7. The number of hydrogen-bond acceptors (Lipinski definition) is 6. The van der Waals surface area contributed by atoms with E-state index in [9.17, 15) is 22.8 Å². The highest BCUT2D eigenvalue weighted by atomic mass is 32.2. The summed E-state index contributed by atoms with van der Waals surface area (Å²) < 4.78 is 32.0. The number of urea groups is 1. The number of nitrogens with one attached hydrogen (secondary N) is 2. The summed E-state index contributed by atoms with van der Waals surface area (Å²) in [6, 6.07) is 12.3. The first kappa shape index (κ1) is 23.9. The third kappa shape index (κ3) is 4.54. The Morgan fingerprint density at radius 1 is 1.06 bits per heavy atom. The van der Waals surface area contributed by atoms with E-state index in [2.05, 4.69) is 10.6 Å². The van der Waals surface area contributed by atoms with Crippen LogP contribution in [0.2, 0.25) is 0 Å². The molecule has 2 aromatic rings. The fraction of sp³-hybridized carbons (Fsp3) is 0.348. The van der Waals surface area contributed by atoms with Crippen LogP contribution < -0.4 is 10.6 Å². The first-order valence-electron chi connectivity index (χ1n) is 10.8. The Kier molecular flexibility index (Phi) is 6.43. The largest absolute Gasteiger partial charge is 0.379 e. The van der Waals surface area contributed by atoms with Crippen LogP contribution in [0, 0.1) is 6.92 Å². The van der Waals surface area contributed by atoms with Gasteiger partial charge in [-0.25, -0.2) is 13.2 Å². The van der Waals surface area contributed by atoms with Crippen LogP contribution in [0.5, 0.6) is 0 Å². The number of carbonyl (C=O) groups excluding carboxylic acids is 3. The minimum absolute atomic E-state index is 0.107. The minimum atomic E-state index is -3.65. The van der Waals surface area contributed by atoms with Crippen LogP contribution in [0.1, 0.15) is 18.1 Å². The summed E-state index contributed by atoms with van der Waals surface area (Å²) in [5.74, 6) is -1.11. The van der Waals surface area contributed by atoms with Crippen molar-refractivity contribution in [1.82, 2.24) is 14.5 Å². The summed E-state index contributed by atoms with van der Waals surface area (Å²) in [6.07, 6.45) is 0. The Bertz CT molecular complexity index is 1210. The molecule has 4 amide bonds. The highest BCUT2D eigenvalue weighted by molar-refractivity contribution is 7.89. The van der Waals surface area contributed by atoms with Crippen molar-refractivity contribution in [2.75, 3.05) is 38.2 Å². The maximum atomic E-state index is 13.0. The Morgan fingerprint density at radius 2 is 1.68 bits per heavy atom. The lowest BCUT2D eigenvalue weighted by Crippen LogP contribution is -2.42. The number of nitrogens with zero attached hydrogens (tertiary/aromatic N) is 2. The molecule has 0 saturated carbocycles. The van der Waals surface area contributed by atoms with Gasteiger partial charge in [0, 0.05) is 18.8 Å². The Hall–Kier alpha value is -3.28. The van der Waals surface area contributed by atoms with Crippen LogP contribution >= 0.6 is 0 Å². The first-order valence-corrected chi connectivity index (χ1v) is 12.2. The number of carbonyl (C=O) groups is 3. The molecule has 0 spiro atoms. The molecular formula is C23H26N4O6S. The molecule has 10 nitrogen and oxygen atoms in total. The summed E-state index contributed by atoms with van der Waals surface area (Å²) in [5.41, 5.74) is 0.723. The zero-order chi connectivity index (χ0) is 24.5. The summed E-state index contributed by atoms with van der Waals surface area (Å²) in [6.45, 7) is 4.31. The van der Waals surface area contributed by atoms with E-state index in [0.717, 1.165) is 10.5 Å². The number of sulfonamides is 1. The molecule has 180 valence electrons. The van der Waals surface area contributed by atoms with E-state index in [1.807, 2.05) is 19.1 Å². The van der Waals surface area contributed by atoms with Crippen molar-refractivity contribution in [2.45, 2.75) is 24.3 Å². The van der Waals surface area contributed by atoms with Crippen molar-refractivity contribution in [3.8, 4) is 0 Å². The number of anilines is 1. The van der Waals surface area contributed by atoms with Crippen LogP contribution in [0.25, 0.3) is 0 Å². The number of morpholine rings is 1. The van der Waals surface area contributed by atoms with Crippen LogP contribution in [-0.2, 0) is 29.9 Å². The highest BCUT2D eigenvalue weighted by Crippen LogP contribution is 2.29. The molecule has 2 N–H and O–H groups in total. The molecule has 0 aliphatic carbocycles. The lowest BCUT2D eigenvalue weighted by atomic mass is 9.91. The number of imide groups is 1. The normalized spacial score (nSPS) is 21.4. The zero-order valence-electron chi connectivity index (χ0n) is 18.9. The van der Waals surface area contributed by atoms with Gasteiger partial charge >= 0.3 is 6.03 Å². The molecule has 1 atom stereocenters. The first-order chi connectivity index (χ1) is 16.1. The second-order valence-corrected chi connectivity index (χ2v) is 10.3. The Morgan fingerprint density at radius 3 is 2.29 bits per heavy atom. The predicted molar refractivity (Wildman–Crippen MR) is 123 cm³/mol. The quantitative estimate of drug-likeness (QED) is 0.595. The van der Waals surface area contributed by atoms with Crippen LogP contribution in [0.4, 0.5) is 10.5 Å². The van der Waals surface area contributed by atoms with Gasteiger partial charge in [-0.2, -0.15) is 4.31 Å². The lowest BCUT2D eigenvalue weighted by Gasteiger charge is -2.26. The number of benzene rings is 2. The molecule has 0 unspecified atom stereocenters. The van der Waals surface area contributed by atoms with E-state index in [1.54, 1.807) is 19.1 Å². The molecule has 0 bridgehead atoms. The molecule has 4 rings (SSSR count). The topological polar surface area (TPSA) is 125 Å². The molecule has 2 heterocycles. The van der Waals surface area contributed by atoms with Gasteiger partial charge in [0.15, 0.2) is 0 Å². The number of aryl methyl sites for hydroxylation is 1. The molecule has 0 aromatic heterocycles. The van der Waals surface area contributed by atoms with Gasteiger partial charge in [0.25, 0.3) is 5.91 Å². The van der Waals surface area contributed by atoms with Gasteiger partial charge in [-0.3, -0.25) is 14.5 Å². The lowest BCUT2D eigenvalue weighted by molar-refractivity contribution is -0.133. The van der Waals surface area contributed by atoms with Gasteiger partial charge in [0.05, 0.1) is 18.1 Å². The van der Waals surface area contributed by atoms with Gasteiger partial charge in [-0.15, -0.1) is 0 Å². The summed E-state index contributed by atoms with van der Waals surface area (Å²) in [5, 5.41) is 5.27. The Labute approximate surface area is 197 Å². The molecule has 2 aromatic carbocycles. The standard InChI is InChI=1S/C23H26N4O6S/c1-16-3-5-17(6-4-16)23(2)21(29)27(22(30)25-23)15-20(28)24-18-7-9-19(10-8-18)34(31,32)26-11-13-33-14-12-26/h3-10H,11-15H2,1-2H3,(H,24,28)(H,25,30)/t23-/m1/s1. The average molecular weight is 487 g/mol. The molecule has 2 aliphatic heterocycles. The monoisotopic (exact) mass is 486 g/mol. The van der Waals surface area contributed by atoms with E-state index in [1.165, 1.54) is 28.6 Å². The number of rotatable bonds is 6. The van der Waals surface area contributed by atoms with Gasteiger partial charge in [0.2, 0.25) is 15.9 Å². The van der Waals surface area contributed by atoms with Gasteiger partial charge in [0.1, 0.15) is 12.1 Å². The maximum Gasteiger partial charge on any atom is 0.325 e. The fourth-order valence-corrected chi connectivity index (χ4v) is 5.32. The molecule has 2 aliphatic rings. The predicted octanol–water partition coefficient (Wildman–Crippen LogP) is 1.42. The second kappa shape index (κ2) is 9.16. The average Bonchev–Trinajstić information content (AvgIpc) is 3.04. The van der Waals surface area contributed by atoms with Crippen molar-refractivity contribution in [1.29, 1.82) is 0 Å². The number of amides is 4. The molecule has 2 saturated heterocycles. The second-order valence-electron chi connectivity index (χ2n) is 8.40. The third-order valence-electron chi connectivity index (χ3n) is 5.95. The molecule has 0 radical (unpaired) electrons. The summed E-state index contributed by atoms with van der Waals surface area (Å²) in [4.78, 5) is 39.0. The van der Waals surface area contributed by atoms with Gasteiger partial charge < -0.3 is 15.4 Å². The minimum Gasteiger partial charge on any atom is -0.379 e. The van der Waals surface area contributed by atoms with E-state index < -0.39 is 40.0 Å².